The second-order valence-corrected chi connectivity index (χ2v) is 21.8. The highest BCUT2D eigenvalue weighted by atomic mass is 79.9. The number of methoxy groups -OCH3 is 1. The van der Waals surface area contributed by atoms with Gasteiger partial charge < -0.3 is 9.84 Å². The minimum atomic E-state index is -4.92. The fourth-order valence-corrected chi connectivity index (χ4v) is 10.5. The Morgan fingerprint density at radius 3 is 1.57 bits per heavy atom. The van der Waals surface area contributed by atoms with Crippen molar-refractivity contribution in [1.82, 2.24) is 20.1 Å². The number of nitrogens with one attached hydrogen (secondary N) is 1. The molecule has 0 bridgehead atoms. The number of alkyl halides is 6. The molecule has 0 atom stereocenters. The standard InChI is InChI=1S/C20H10Cl3F3N2O5S.C14H10BrCl2F3N2O3S.C12H15ClN2O4/c21-9-6-15(28-34(32,33)10-4-5-14(22)13(7-10)20(24,25)26)17(27-8-9)18(29)11-2-1-3-12(16(11)23)19(30)31;1-25-7-22(12-4-8(16)6-21-13(12)15)26(23,24)9-2-3-11(17)10(5-9)14(18,19)20;1-14(18-3)11(16)8-6-5-7-9(10(8)13)12(17)15(2)19-4/h1-8,28H,(H,30,31);2-6H,7H2,1H3;5-7H,1-4H3. The summed E-state index contributed by atoms with van der Waals surface area (Å²) in [7, 11) is -2.26. The zero-order valence-electron chi connectivity index (χ0n) is 40.3. The molecule has 0 aliphatic rings. The van der Waals surface area contributed by atoms with Gasteiger partial charge in [0, 0.05) is 39.2 Å². The van der Waals surface area contributed by atoms with Crippen LogP contribution in [-0.4, -0.2) is 108 Å². The first kappa shape index (κ1) is 66.0. The summed E-state index contributed by atoms with van der Waals surface area (Å²) in [5, 5.41) is 9.60. The lowest BCUT2D eigenvalue weighted by atomic mass is 10.0. The zero-order valence-corrected chi connectivity index (χ0v) is 48.1. The lowest BCUT2D eigenvalue weighted by Gasteiger charge is -2.24. The monoisotopic (exact) mass is 1330 g/mol. The first-order valence-corrected chi connectivity index (χ1v) is 26.9. The minimum absolute atomic E-state index is 0.00265. The molecule has 0 saturated carbocycles. The highest BCUT2D eigenvalue weighted by Gasteiger charge is 2.37. The van der Waals surface area contributed by atoms with Gasteiger partial charge in [-0.2, -0.15) is 26.3 Å². The predicted molar refractivity (Wildman–Crippen MR) is 283 cm³/mol. The molecule has 0 fully saturated rings. The van der Waals surface area contributed by atoms with Crippen LogP contribution in [0.1, 0.15) is 58.3 Å². The summed E-state index contributed by atoms with van der Waals surface area (Å²) in [5.41, 5.74) is -3.96. The Labute approximate surface area is 483 Å². The van der Waals surface area contributed by atoms with Crippen LogP contribution in [0.3, 0.4) is 0 Å². The number of carbonyl (C=O) groups excluding carboxylic acids is 3. The summed E-state index contributed by atoms with van der Waals surface area (Å²) in [4.78, 5) is 64.2. The van der Waals surface area contributed by atoms with Crippen molar-refractivity contribution in [3.63, 3.8) is 0 Å². The van der Waals surface area contributed by atoms with Crippen molar-refractivity contribution in [3.8, 4) is 0 Å². The number of halogens is 13. The lowest BCUT2D eigenvalue weighted by Crippen LogP contribution is -2.33. The number of rotatable bonds is 15. The third kappa shape index (κ3) is 16.3. The number of hydrogen-bond acceptors (Lipinski definition) is 13. The van der Waals surface area contributed by atoms with Crippen LogP contribution in [-0.2, 0) is 46.8 Å². The van der Waals surface area contributed by atoms with Gasteiger partial charge in [0.25, 0.3) is 31.9 Å². The Morgan fingerprint density at radius 2 is 1.09 bits per heavy atom. The van der Waals surface area contributed by atoms with Crippen LogP contribution in [0.5, 0.6) is 0 Å². The molecule has 0 radical (unpaired) electrons. The summed E-state index contributed by atoms with van der Waals surface area (Å²) < 4.78 is 138. The van der Waals surface area contributed by atoms with Crippen LogP contribution < -0.4 is 9.03 Å². The van der Waals surface area contributed by atoms with Gasteiger partial charge in [0.15, 0.2) is 0 Å². The molecule has 0 unspecified atom stereocenters. The van der Waals surface area contributed by atoms with Crippen molar-refractivity contribution in [2.24, 2.45) is 0 Å². The largest absolute Gasteiger partial charge is 0.478 e. The Kier molecular flexibility index (Phi) is 22.8. The highest BCUT2D eigenvalue weighted by Crippen LogP contribution is 2.39. The van der Waals surface area contributed by atoms with E-state index in [1.165, 1.54) is 72.0 Å². The van der Waals surface area contributed by atoms with Gasteiger partial charge in [-0.3, -0.25) is 28.8 Å². The number of nitrogens with zero attached hydrogens (tertiary/aromatic N) is 5. The smallest absolute Gasteiger partial charge is 0.417 e. The number of carbonyl (C=O) groups is 4. The number of hydroxylamine groups is 4. The molecular weight excluding hydrogens is 1300 g/mol. The molecule has 0 aliphatic heterocycles. The molecule has 2 amide bonds. The van der Waals surface area contributed by atoms with Crippen molar-refractivity contribution < 1.29 is 81.9 Å². The number of amides is 2. The summed E-state index contributed by atoms with van der Waals surface area (Å²) >= 11 is 38.0. The third-order valence-corrected chi connectivity index (χ3v) is 15.6. The first-order valence-electron chi connectivity index (χ1n) is 20.9. The molecule has 2 N–H and O–H groups in total. The summed E-state index contributed by atoms with van der Waals surface area (Å²) in [6, 6.07) is 14.7. The Morgan fingerprint density at radius 1 is 0.646 bits per heavy atom. The van der Waals surface area contributed by atoms with Gasteiger partial charge in [-0.05, 0) is 88.7 Å². The number of carboxylic acid groups (broad SMARTS) is 1. The van der Waals surface area contributed by atoms with Crippen LogP contribution >= 0.6 is 85.5 Å². The topological polar surface area (TPSA) is 232 Å². The van der Waals surface area contributed by atoms with Crippen molar-refractivity contribution in [2.45, 2.75) is 22.1 Å². The molecule has 4 aromatic carbocycles. The van der Waals surface area contributed by atoms with Gasteiger partial charge in [-0.25, -0.2) is 46.0 Å². The fourth-order valence-electron chi connectivity index (χ4n) is 6.14. The molecule has 79 heavy (non-hydrogen) atoms. The molecule has 424 valence electrons. The van der Waals surface area contributed by atoms with Gasteiger partial charge in [0.1, 0.15) is 17.0 Å². The number of aromatic nitrogens is 2. The van der Waals surface area contributed by atoms with Gasteiger partial charge in [0.2, 0.25) is 5.78 Å². The molecule has 0 aliphatic carbocycles. The normalized spacial score (nSPS) is 11.6. The summed E-state index contributed by atoms with van der Waals surface area (Å²) in [6.07, 6.45) is -7.44. The molecular formula is C46H35BrCl6F6N6O12S2. The number of anilines is 2. The number of aromatic carboxylic acids is 1. The average molecular weight is 1330 g/mol. The van der Waals surface area contributed by atoms with E-state index in [0.717, 1.165) is 57.0 Å². The van der Waals surface area contributed by atoms with Gasteiger partial charge in [-0.15, -0.1) is 0 Å². The predicted octanol–water partition coefficient (Wildman–Crippen LogP) is 12.4. The quantitative estimate of drug-likeness (QED) is 0.0320. The Balaban J connectivity index is 0.000000267. The number of ether oxygens (including phenoxy) is 1. The van der Waals surface area contributed by atoms with Crippen molar-refractivity contribution in [1.29, 1.82) is 0 Å². The van der Waals surface area contributed by atoms with E-state index >= 15 is 0 Å². The maximum absolute atomic E-state index is 13.2. The molecule has 2 aromatic heterocycles. The summed E-state index contributed by atoms with van der Waals surface area (Å²) in [6.45, 7) is -0.479. The lowest BCUT2D eigenvalue weighted by molar-refractivity contribution is -0.138. The third-order valence-electron chi connectivity index (χ3n) is 10.1. The van der Waals surface area contributed by atoms with Crippen LogP contribution in [0.15, 0.2) is 112 Å². The Bertz CT molecular complexity index is 3500. The van der Waals surface area contributed by atoms with E-state index < -0.39 is 110 Å². The van der Waals surface area contributed by atoms with Crippen molar-refractivity contribution in [2.75, 3.05) is 51.2 Å². The van der Waals surface area contributed by atoms with Gasteiger partial charge in [0.05, 0.1) is 93.3 Å². The second-order valence-electron chi connectivity index (χ2n) is 15.1. The SMILES string of the molecule is COCN(c1cc(Cl)cnc1Br)S(=O)(=O)c1ccc(Cl)c(C(F)(F)F)c1.CON(C)C(=O)c1cccc(C(=O)N(C)OC)c1Cl.O=C(O)c1cccc(C(=O)c2ncc(Cl)cc2NS(=O)(=O)c2ccc(Cl)c(C(F)(F)F)c2)c1Cl. The average Bonchev–Trinajstić information content (AvgIpc) is 3.38. The molecule has 33 heteroatoms. The van der Waals surface area contributed by atoms with E-state index in [9.17, 15) is 67.5 Å². The fraction of sp³-hybridized carbons (Fsp3) is 0.174. The zero-order chi connectivity index (χ0) is 59.7. The number of pyridine rings is 2. The van der Waals surface area contributed by atoms with E-state index in [2.05, 4.69) is 25.9 Å². The van der Waals surface area contributed by atoms with Crippen LogP contribution in [0, 0.1) is 0 Å². The van der Waals surface area contributed by atoms with Crippen LogP contribution in [0.2, 0.25) is 30.1 Å². The number of hydrogen-bond donors (Lipinski definition) is 2. The van der Waals surface area contributed by atoms with E-state index in [0.29, 0.717) is 12.1 Å². The molecule has 18 nitrogen and oxygen atoms in total. The molecule has 0 saturated heterocycles. The van der Waals surface area contributed by atoms with E-state index in [-0.39, 0.29) is 47.6 Å². The highest BCUT2D eigenvalue weighted by molar-refractivity contribution is 9.10. The second kappa shape index (κ2) is 27.3. The van der Waals surface area contributed by atoms with Gasteiger partial charge in [-0.1, -0.05) is 81.7 Å². The van der Waals surface area contributed by atoms with Crippen molar-refractivity contribution in [3.05, 3.63) is 171 Å². The molecule has 6 rings (SSSR count). The maximum Gasteiger partial charge on any atom is 0.417 e. The van der Waals surface area contributed by atoms with E-state index in [1.807, 2.05) is 4.72 Å². The number of benzene rings is 4. The van der Waals surface area contributed by atoms with Crippen LogP contribution in [0.25, 0.3) is 0 Å². The van der Waals surface area contributed by atoms with Crippen LogP contribution in [0.4, 0.5) is 37.7 Å². The van der Waals surface area contributed by atoms with E-state index in [4.69, 9.17) is 84.0 Å². The summed E-state index contributed by atoms with van der Waals surface area (Å²) in [5.74, 6) is -3.26. The van der Waals surface area contributed by atoms with E-state index in [1.54, 1.807) is 6.07 Å². The van der Waals surface area contributed by atoms with Gasteiger partial charge >= 0.3 is 18.3 Å². The number of carboxylic acids is 1. The number of ketones is 1. The first-order chi connectivity index (χ1) is 36.6. The van der Waals surface area contributed by atoms with Crippen molar-refractivity contribution >= 4 is 141 Å². The Hall–Kier alpha value is -5.56. The maximum atomic E-state index is 13.2. The molecule has 6 aromatic rings. The molecule has 2 heterocycles. The number of sulfonamides is 2. The molecule has 0 spiro atoms. The minimum Gasteiger partial charge on any atom is -0.478 e.